The first-order valence-electron chi connectivity index (χ1n) is 23.1. The number of carbonyl (C=O) groups is 4. The van der Waals surface area contributed by atoms with Crippen molar-refractivity contribution < 1.29 is 37.8 Å². The number of hydrogen-bond donors (Lipinski definition) is 3. The summed E-state index contributed by atoms with van der Waals surface area (Å²) in [5.41, 5.74) is 3.64. The number of alkyl halides is 2. The molecule has 17 nitrogen and oxygen atoms in total. The maximum atomic E-state index is 14.9. The van der Waals surface area contributed by atoms with E-state index in [1.54, 1.807) is 36.5 Å². The number of nitrogens with one attached hydrogen (secondary N) is 2. The molecule has 0 radical (unpaired) electrons. The number of amides is 5. The highest BCUT2D eigenvalue weighted by molar-refractivity contribution is 5.97. The van der Waals surface area contributed by atoms with E-state index >= 15 is 0 Å². The van der Waals surface area contributed by atoms with Crippen LogP contribution in [0, 0.1) is 22.5 Å². The third-order valence-corrected chi connectivity index (χ3v) is 15.2. The molecule has 9 rings (SSSR count). The summed E-state index contributed by atoms with van der Waals surface area (Å²) < 4.78 is 28.5. The third kappa shape index (κ3) is 7.69. The number of rotatable bonds is 9. The van der Waals surface area contributed by atoms with E-state index in [-0.39, 0.29) is 61.4 Å². The van der Waals surface area contributed by atoms with Crippen molar-refractivity contribution in [1.82, 2.24) is 35.1 Å². The summed E-state index contributed by atoms with van der Waals surface area (Å²) in [6, 6.07) is 3.80. The zero-order valence-electron chi connectivity index (χ0n) is 37.1. The molecule has 64 heavy (non-hydrogen) atoms. The minimum Gasteiger partial charge on any atom is -0.624 e. The summed E-state index contributed by atoms with van der Waals surface area (Å²) in [5, 5.41) is 44.4. The summed E-state index contributed by atoms with van der Waals surface area (Å²) in [5.74, 6) is -1.60. The molecule has 1 aromatic rings. The zero-order valence-corrected chi connectivity index (χ0v) is 37.1. The Morgan fingerprint density at radius 3 is 2.58 bits per heavy atom. The Morgan fingerprint density at radius 2 is 1.84 bits per heavy atom. The van der Waals surface area contributed by atoms with Crippen LogP contribution in [0.2, 0.25) is 0 Å². The normalized spacial score (nSPS) is 30.8. The summed E-state index contributed by atoms with van der Waals surface area (Å²) in [6.45, 7) is 5.94. The topological polar surface area (TPSA) is 180 Å². The van der Waals surface area contributed by atoms with Gasteiger partial charge < -0.3 is 30.5 Å². The lowest BCUT2D eigenvalue weighted by atomic mass is 9.74. The number of hydrogen-bond acceptors (Lipinski definition) is 12. The number of likely N-dealkylation sites (tertiary alicyclic amines) is 2. The Hall–Kier alpha value is -5.14. The van der Waals surface area contributed by atoms with E-state index in [0.717, 1.165) is 35.5 Å². The standard InChI is InChI=1S/C45H61F2N11O6/c1-45-27-54(44(62)48-2)21-15-38(45)57(51-43(45)55-17-6-8-28-22-32(29-24-50-52(3)25-29)33(40(46)47)23-36(28)55)30-13-19-53(20-14-30)39(59)12-5-16-49-35-10-4-9-31-34(35)26-58(64,42(31)61)37-11-7-18-56(63)41(37)60/h4,9-10,22,24,29-30,33,37-38,40,49,63H,5-8,11-21,23,25-27H2,1-3H3,(H,48,62). The first kappa shape index (κ1) is 44.1. The van der Waals surface area contributed by atoms with Gasteiger partial charge in [-0.2, -0.15) is 10.2 Å². The Balaban J connectivity index is 0.853. The van der Waals surface area contributed by atoms with Gasteiger partial charge in [0.2, 0.25) is 12.3 Å². The number of allylic oxidation sites excluding steroid dienone is 3. The highest BCUT2D eigenvalue weighted by atomic mass is 19.3. The molecule has 0 saturated carbocycles. The Morgan fingerprint density at radius 1 is 1.06 bits per heavy atom. The van der Waals surface area contributed by atoms with E-state index < -0.39 is 40.3 Å². The second kappa shape index (κ2) is 17.3. The highest BCUT2D eigenvalue weighted by Gasteiger charge is 2.56. The fraction of sp³-hybridized carbons (Fsp3) is 0.644. The van der Waals surface area contributed by atoms with Gasteiger partial charge in [0.25, 0.3) is 0 Å². The maximum Gasteiger partial charge on any atom is 0.347 e. The molecule has 7 heterocycles. The van der Waals surface area contributed by atoms with Crippen LogP contribution in [0.5, 0.6) is 0 Å². The first-order chi connectivity index (χ1) is 30.7. The fourth-order valence-corrected chi connectivity index (χ4v) is 11.8. The van der Waals surface area contributed by atoms with Crippen LogP contribution in [0.3, 0.4) is 0 Å². The van der Waals surface area contributed by atoms with Gasteiger partial charge in [0.1, 0.15) is 12.4 Å². The second-order valence-electron chi connectivity index (χ2n) is 19.1. The average molecular weight is 890 g/mol. The number of piperidine rings is 3. The molecule has 6 atom stereocenters. The fourth-order valence-electron chi connectivity index (χ4n) is 11.8. The van der Waals surface area contributed by atoms with Gasteiger partial charge in [-0.25, -0.2) is 23.4 Å². The number of quaternary nitrogens is 1. The number of nitrogens with zero attached hydrogens (tertiary/aromatic N) is 9. The van der Waals surface area contributed by atoms with E-state index in [4.69, 9.17) is 5.10 Å². The summed E-state index contributed by atoms with van der Waals surface area (Å²) in [7, 11) is 3.49. The minimum absolute atomic E-state index is 0.00800. The Bertz CT molecular complexity index is 2180. The molecule has 346 valence electrons. The van der Waals surface area contributed by atoms with Crippen molar-refractivity contribution in [3.63, 3.8) is 0 Å². The quantitative estimate of drug-likeness (QED) is 0.140. The molecule has 19 heteroatoms. The largest absolute Gasteiger partial charge is 0.624 e. The number of hydrazone groups is 2. The zero-order chi connectivity index (χ0) is 45.1. The number of hydroxylamine groups is 5. The van der Waals surface area contributed by atoms with Gasteiger partial charge in [-0.3, -0.25) is 29.5 Å². The lowest BCUT2D eigenvalue weighted by Gasteiger charge is -2.49. The van der Waals surface area contributed by atoms with Crippen molar-refractivity contribution in [2.45, 2.75) is 102 Å². The van der Waals surface area contributed by atoms with E-state index in [9.17, 15) is 38.4 Å². The van der Waals surface area contributed by atoms with Crippen LogP contribution in [0.25, 0.3) is 0 Å². The van der Waals surface area contributed by atoms with Crippen LogP contribution in [-0.4, -0.2) is 166 Å². The molecule has 0 bridgehead atoms. The molecule has 6 unspecified atom stereocenters. The van der Waals surface area contributed by atoms with Gasteiger partial charge in [-0.1, -0.05) is 17.7 Å². The number of benzene rings is 1. The summed E-state index contributed by atoms with van der Waals surface area (Å²) in [6.07, 6.45) is 6.81. The van der Waals surface area contributed by atoms with Gasteiger partial charge in [0.05, 0.1) is 23.1 Å². The SMILES string of the molecule is CNC(=O)N1CCC2N(C3CCN(C(=O)CCCNc4cccc5c4C[N+]([O-])(C4CCCN(O)C4=O)C5=O)CC3)N=C(N3CCCC4=C3CC(C(F)F)C(C3C=NN(C)C3)=C4)C2(C)C1. The highest BCUT2D eigenvalue weighted by Crippen LogP contribution is 2.48. The predicted octanol–water partition coefficient (Wildman–Crippen LogP) is 4.38. The number of halogens is 2. The van der Waals surface area contributed by atoms with E-state index in [1.165, 1.54) is 0 Å². The lowest BCUT2D eigenvalue weighted by molar-refractivity contribution is -0.826. The molecule has 8 aliphatic rings. The first-order valence-corrected chi connectivity index (χ1v) is 23.1. The van der Waals surface area contributed by atoms with E-state index in [0.29, 0.717) is 101 Å². The van der Waals surface area contributed by atoms with Crippen LogP contribution in [0.1, 0.15) is 87.1 Å². The predicted molar refractivity (Wildman–Crippen MR) is 234 cm³/mol. The molecule has 1 aliphatic carbocycles. The number of urea groups is 1. The summed E-state index contributed by atoms with van der Waals surface area (Å²) >= 11 is 0. The van der Waals surface area contributed by atoms with Gasteiger partial charge in [-0.15, -0.1) is 0 Å². The minimum atomic E-state index is -2.52. The molecule has 3 N–H and O–H groups in total. The molecular formula is C45H61F2N11O6. The van der Waals surface area contributed by atoms with Gasteiger partial charge in [-0.05, 0) is 69.6 Å². The second-order valence-corrected chi connectivity index (χ2v) is 19.1. The van der Waals surface area contributed by atoms with Crippen molar-refractivity contribution in [3.05, 3.63) is 57.5 Å². The van der Waals surface area contributed by atoms with Crippen molar-refractivity contribution >= 4 is 41.5 Å². The number of carbonyl (C=O) groups excluding carboxylic acids is 4. The molecule has 0 spiro atoms. The van der Waals surface area contributed by atoms with Crippen LogP contribution in [-0.2, 0) is 16.1 Å². The number of amidine groups is 1. The van der Waals surface area contributed by atoms with Crippen LogP contribution < -0.4 is 10.6 Å². The van der Waals surface area contributed by atoms with Crippen LogP contribution >= 0.6 is 0 Å². The molecule has 3 fully saturated rings. The summed E-state index contributed by atoms with van der Waals surface area (Å²) in [4.78, 5) is 58.6. The van der Waals surface area contributed by atoms with Crippen molar-refractivity contribution in [2.75, 3.05) is 71.8 Å². The van der Waals surface area contributed by atoms with Gasteiger partial charge in [0.15, 0.2) is 6.04 Å². The monoisotopic (exact) mass is 889 g/mol. The van der Waals surface area contributed by atoms with E-state index in [2.05, 4.69) is 32.6 Å². The van der Waals surface area contributed by atoms with Crippen molar-refractivity contribution in [1.29, 1.82) is 0 Å². The maximum absolute atomic E-state index is 14.9. The van der Waals surface area contributed by atoms with E-state index in [1.807, 2.05) is 22.9 Å². The van der Waals surface area contributed by atoms with Gasteiger partial charge in [0, 0.05) is 121 Å². The van der Waals surface area contributed by atoms with Gasteiger partial charge >= 0.3 is 17.8 Å². The molecule has 1 aromatic carbocycles. The van der Waals surface area contributed by atoms with Crippen LogP contribution in [0.4, 0.5) is 19.3 Å². The molecular weight excluding hydrogens is 829 g/mol. The molecule has 3 saturated heterocycles. The number of anilines is 1. The molecule has 0 aromatic heterocycles. The third-order valence-electron chi connectivity index (χ3n) is 15.2. The van der Waals surface area contributed by atoms with Crippen LogP contribution in [0.15, 0.2) is 51.3 Å². The molecule has 7 aliphatic heterocycles. The smallest absolute Gasteiger partial charge is 0.347 e. The number of fused-ring (bicyclic) bond motifs is 2. The molecule has 5 amide bonds. The van der Waals surface area contributed by atoms with Crippen molar-refractivity contribution in [2.24, 2.45) is 27.5 Å². The Labute approximate surface area is 372 Å². The average Bonchev–Trinajstić information content (AvgIpc) is 3.95. The van der Waals surface area contributed by atoms with Crippen molar-refractivity contribution in [3.8, 4) is 0 Å². The Kier molecular flexibility index (Phi) is 11.9. The lowest BCUT2D eigenvalue weighted by Crippen LogP contribution is -2.61.